The van der Waals surface area contributed by atoms with Crippen molar-refractivity contribution in [1.82, 2.24) is 9.97 Å². The third-order valence-corrected chi connectivity index (χ3v) is 5.89. The molecule has 0 amide bonds. The third kappa shape index (κ3) is 6.91. The summed E-state index contributed by atoms with van der Waals surface area (Å²) in [6.07, 6.45) is 6.66. The summed E-state index contributed by atoms with van der Waals surface area (Å²) in [6, 6.07) is 20.5. The Hall–Kier alpha value is -4.33. The van der Waals surface area contributed by atoms with Crippen molar-refractivity contribution in [3.63, 3.8) is 0 Å². The fourth-order valence-electron chi connectivity index (χ4n) is 4.07. The quantitative estimate of drug-likeness (QED) is 0.197. The summed E-state index contributed by atoms with van der Waals surface area (Å²) in [7, 11) is 1.62. The maximum absolute atomic E-state index is 13.0. The molecule has 2 heterocycles. The first kappa shape index (κ1) is 26.7. The van der Waals surface area contributed by atoms with Crippen LogP contribution in [-0.4, -0.2) is 48.0 Å². The molecular formula is C31H30N2O5. The summed E-state index contributed by atoms with van der Waals surface area (Å²) >= 11 is 0. The van der Waals surface area contributed by atoms with Crippen molar-refractivity contribution in [1.29, 1.82) is 0 Å². The molecule has 0 saturated carbocycles. The molecule has 0 spiro atoms. The van der Waals surface area contributed by atoms with Gasteiger partial charge in [-0.25, -0.2) is 4.79 Å². The maximum Gasteiger partial charge on any atom is 0.338 e. The highest BCUT2D eigenvalue weighted by Gasteiger charge is 2.19. The molecule has 2 aromatic heterocycles. The van der Waals surface area contributed by atoms with Gasteiger partial charge in [0.05, 0.1) is 24.3 Å². The van der Waals surface area contributed by atoms with E-state index in [0.717, 1.165) is 33.2 Å². The smallest absolute Gasteiger partial charge is 0.338 e. The van der Waals surface area contributed by atoms with Gasteiger partial charge in [-0.15, -0.1) is 0 Å². The highest BCUT2D eigenvalue weighted by molar-refractivity contribution is 5.89. The van der Waals surface area contributed by atoms with Gasteiger partial charge in [0.25, 0.3) is 0 Å². The molecule has 0 saturated heterocycles. The van der Waals surface area contributed by atoms with E-state index in [9.17, 15) is 4.79 Å². The number of benzene rings is 2. The Labute approximate surface area is 222 Å². The number of fused-ring (bicyclic) bond motifs is 1. The lowest BCUT2D eigenvalue weighted by molar-refractivity contribution is 0.0302. The lowest BCUT2D eigenvalue weighted by atomic mass is 9.96. The van der Waals surface area contributed by atoms with E-state index in [1.54, 1.807) is 37.7 Å². The van der Waals surface area contributed by atoms with Crippen LogP contribution in [0.25, 0.3) is 16.5 Å². The van der Waals surface area contributed by atoms with Crippen LogP contribution in [0.1, 0.15) is 34.0 Å². The van der Waals surface area contributed by atoms with Gasteiger partial charge in [0.2, 0.25) is 0 Å². The molecule has 0 unspecified atom stereocenters. The summed E-state index contributed by atoms with van der Waals surface area (Å²) in [5.74, 6) is 0.116. The lowest BCUT2D eigenvalue weighted by Gasteiger charge is -2.19. The minimum absolute atomic E-state index is 0.0990. The van der Waals surface area contributed by atoms with E-state index in [0.29, 0.717) is 24.3 Å². The minimum atomic E-state index is -0.618. The van der Waals surface area contributed by atoms with Gasteiger partial charge in [0, 0.05) is 43.1 Å². The summed E-state index contributed by atoms with van der Waals surface area (Å²) in [5.41, 5.74) is 4.60. The first-order valence-corrected chi connectivity index (χ1v) is 12.3. The van der Waals surface area contributed by atoms with E-state index in [1.165, 1.54) is 0 Å². The second-order valence-corrected chi connectivity index (χ2v) is 8.58. The highest BCUT2D eigenvalue weighted by atomic mass is 16.5. The zero-order chi connectivity index (χ0) is 26.7. The normalized spacial score (nSPS) is 12.2. The Bertz CT molecular complexity index is 1420. The third-order valence-electron chi connectivity index (χ3n) is 5.89. The van der Waals surface area contributed by atoms with Gasteiger partial charge < -0.3 is 19.3 Å². The van der Waals surface area contributed by atoms with Crippen LogP contribution in [0.15, 0.2) is 104 Å². The van der Waals surface area contributed by atoms with Crippen molar-refractivity contribution in [3.8, 4) is 5.75 Å². The number of aliphatic hydroxyl groups excluding tert-OH is 1. The fraction of sp³-hybridized carbons (Fsp3) is 0.194. The van der Waals surface area contributed by atoms with Crippen LogP contribution in [-0.2, 0) is 9.47 Å². The van der Waals surface area contributed by atoms with Gasteiger partial charge >= 0.3 is 5.97 Å². The zero-order valence-corrected chi connectivity index (χ0v) is 21.2. The van der Waals surface area contributed by atoms with Gasteiger partial charge in [-0.1, -0.05) is 43.0 Å². The number of carbonyl (C=O) groups excluding carboxylic acids is 1. The average molecular weight is 511 g/mol. The number of rotatable bonds is 12. The number of hydrogen-bond acceptors (Lipinski definition) is 7. The molecule has 1 atom stereocenters. The molecular weight excluding hydrogens is 480 g/mol. The van der Waals surface area contributed by atoms with Crippen molar-refractivity contribution in [2.75, 3.05) is 26.9 Å². The van der Waals surface area contributed by atoms with Gasteiger partial charge in [0.15, 0.2) is 0 Å². The van der Waals surface area contributed by atoms with E-state index in [-0.39, 0.29) is 13.2 Å². The molecule has 2 aromatic carbocycles. The number of ether oxygens (including phenoxy) is 3. The van der Waals surface area contributed by atoms with E-state index < -0.39 is 12.1 Å². The van der Waals surface area contributed by atoms with Crippen molar-refractivity contribution in [2.24, 2.45) is 0 Å². The molecule has 4 rings (SSSR count). The number of para-hydroxylation sites is 1. The van der Waals surface area contributed by atoms with Gasteiger partial charge in [-0.2, -0.15) is 0 Å². The molecule has 194 valence electrons. The van der Waals surface area contributed by atoms with Gasteiger partial charge in [-0.3, -0.25) is 9.97 Å². The standard InChI is InChI=1S/C31H30N2O5/c1-22(21-36-2)28(26-18-24-6-3-4-9-29(24)33-20-26)10-11-30(38-31(35)23-12-14-32-15-13-23)25-7-5-8-27(19-25)37-17-16-34/h3-10,12-15,18-20,30,34H,1,11,16-17,21H2,2H3/b28-10-/t30-/m0/s1. The molecule has 0 aliphatic carbocycles. The summed E-state index contributed by atoms with van der Waals surface area (Å²) in [4.78, 5) is 21.6. The van der Waals surface area contributed by atoms with E-state index in [1.807, 2.05) is 54.7 Å². The van der Waals surface area contributed by atoms with Crippen LogP contribution >= 0.6 is 0 Å². The molecule has 7 heteroatoms. The number of aromatic nitrogens is 2. The Kier molecular flexibility index (Phi) is 9.34. The molecule has 0 aliphatic heterocycles. The fourth-order valence-corrected chi connectivity index (χ4v) is 4.07. The predicted octanol–water partition coefficient (Wildman–Crippen LogP) is 5.58. The van der Waals surface area contributed by atoms with Crippen LogP contribution in [0.2, 0.25) is 0 Å². The lowest BCUT2D eigenvalue weighted by Crippen LogP contribution is -2.12. The molecule has 0 radical (unpaired) electrons. The summed E-state index contributed by atoms with van der Waals surface area (Å²) < 4.78 is 16.9. The van der Waals surface area contributed by atoms with Crippen LogP contribution in [0, 0.1) is 0 Å². The Morgan fingerprint density at radius 3 is 2.66 bits per heavy atom. The number of methoxy groups -OCH3 is 1. The van der Waals surface area contributed by atoms with Crippen molar-refractivity contribution in [2.45, 2.75) is 12.5 Å². The van der Waals surface area contributed by atoms with Crippen molar-refractivity contribution >= 4 is 22.4 Å². The minimum Gasteiger partial charge on any atom is -0.491 e. The number of carbonyl (C=O) groups is 1. The first-order chi connectivity index (χ1) is 18.6. The van der Waals surface area contributed by atoms with E-state index in [4.69, 9.17) is 19.3 Å². The van der Waals surface area contributed by atoms with Gasteiger partial charge in [0.1, 0.15) is 18.5 Å². The molecule has 38 heavy (non-hydrogen) atoms. The van der Waals surface area contributed by atoms with Crippen molar-refractivity contribution < 1.29 is 24.1 Å². The molecule has 1 N–H and O–H groups in total. The van der Waals surface area contributed by atoms with Crippen LogP contribution < -0.4 is 4.74 Å². The maximum atomic E-state index is 13.0. The summed E-state index contributed by atoms with van der Waals surface area (Å²) in [5, 5.41) is 10.1. The highest BCUT2D eigenvalue weighted by Crippen LogP contribution is 2.31. The molecule has 0 fully saturated rings. The second-order valence-electron chi connectivity index (χ2n) is 8.58. The van der Waals surface area contributed by atoms with Crippen LogP contribution in [0.4, 0.5) is 0 Å². The Morgan fingerprint density at radius 1 is 1.05 bits per heavy atom. The van der Waals surface area contributed by atoms with E-state index in [2.05, 4.69) is 22.6 Å². The Morgan fingerprint density at radius 2 is 1.87 bits per heavy atom. The van der Waals surface area contributed by atoms with Gasteiger partial charge in [-0.05, 0) is 53.1 Å². The average Bonchev–Trinajstić information content (AvgIpc) is 2.96. The second kappa shape index (κ2) is 13.3. The number of nitrogens with zero attached hydrogens (tertiary/aromatic N) is 2. The topological polar surface area (TPSA) is 90.8 Å². The molecule has 7 nitrogen and oxygen atoms in total. The predicted molar refractivity (Wildman–Crippen MR) is 147 cm³/mol. The van der Waals surface area contributed by atoms with Crippen molar-refractivity contribution in [3.05, 3.63) is 120 Å². The molecule has 0 aliphatic rings. The zero-order valence-electron chi connectivity index (χ0n) is 21.2. The molecule has 4 aromatic rings. The number of esters is 1. The number of aliphatic hydroxyl groups is 1. The number of hydrogen-bond donors (Lipinski definition) is 1. The first-order valence-electron chi connectivity index (χ1n) is 12.3. The molecule has 0 bridgehead atoms. The van der Waals surface area contributed by atoms with E-state index >= 15 is 0 Å². The van der Waals surface area contributed by atoms with Crippen LogP contribution in [0.3, 0.4) is 0 Å². The monoisotopic (exact) mass is 510 g/mol. The number of pyridine rings is 2. The van der Waals surface area contributed by atoms with Crippen LogP contribution in [0.5, 0.6) is 5.75 Å². The SMILES string of the molecule is C=C(COC)/C(=C/C[C@H](OC(=O)c1ccncc1)c1cccc(OCCO)c1)c1cnc2ccccc2c1. The summed E-state index contributed by atoms with van der Waals surface area (Å²) in [6.45, 7) is 4.64. The Balaban J connectivity index is 1.69. The largest absolute Gasteiger partial charge is 0.491 e.